The number of anilines is 1. The van der Waals surface area contributed by atoms with Gasteiger partial charge in [0.2, 0.25) is 0 Å². The van der Waals surface area contributed by atoms with Crippen molar-refractivity contribution in [2.45, 2.75) is 6.10 Å². The van der Waals surface area contributed by atoms with Gasteiger partial charge in [-0.3, -0.25) is 0 Å². The van der Waals surface area contributed by atoms with Crippen molar-refractivity contribution in [3.63, 3.8) is 0 Å². The van der Waals surface area contributed by atoms with Crippen LogP contribution in [0.1, 0.15) is 0 Å². The van der Waals surface area contributed by atoms with Crippen LogP contribution in [0.4, 0.5) is 5.69 Å². The van der Waals surface area contributed by atoms with Crippen molar-refractivity contribution in [1.82, 2.24) is 10.2 Å². The predicted octanol–water partition coefficient (Wildman–Crippen LogP) is 0.827. The monoisotopic (exact) mass is 245 g/mol. The third kappa shape index (κ3) is 2.02. The van der Waals surface area contributed by atoms with Crippen LogP contribution in [0.3, 0.4) is 0 Å². The molecule has 5 nitrogen and oxygen atoms in total. The highest BCUT2D eigenvalue weighted by Gasteiger charge is 2.21. The van der Waals surface area contributed by atoms with Crippen LogP contribution < -0.4 is 4.90 Å². The third-order valence-electron chi connectivity index (χ3n) is 3.21. The van der Waals surface area contributed by atoms with Crippen molar-refractivity contribution in [3.8, 4) is 0 Å². The van der Waals surface area contributed by atoms with Gasteiger partial charge in [0.25, 0.3) is 0 Å². The lowest BCUT2D eigenvalue weighted by atomic mass is 10.1. The van der Waals surface area contributed by atoms with Gasteiger partial charge < -0.3 is 14.7 Å². The first kappa shape index (κ1) is 11.4. The molecular formula is C13H15N3O2. The molecular weight excluding hydrogens is 230 g/mol. The summed E-state index contributed by atoms with van der Waals surface area (Å²) in [5, 5.41) is 18.4. The van der Waals surface area contributed by atoms with Gasteiger partial charge in [-0.1, -0.05) is 18.2 Å². The fourth-order valence-electron chi connectivity index (χ4n) is 2.29. The Hall–Kier alpha value is -1.72. The topological polar surface area (TPSA) is 58.5 Å². The van der Waals surface area contributed by atoms with Crippen LogP contribution in [0.2, 0.25) is 0 Å². The van der Waals surface area contributed by atoms with E-state index in [4.69, 9.17) is 4.74 Å². The van der Waals surface area contributed by atoms with Gasteiger partial charge in [-0.05, 0) is 6.07 Å². The fraction of sp³-hybridized carbons (Fsp3) is 0.385. The quantitative estimate of drug-likeness (QED) is 0.849. The molecule has 1 aromatic carbocycles. The lowest BCUT2D eigenvalue weighted by molar-refractivity contribution is 0.00362. The van der Waals surface area contributed by atoms with Crippen molar-refractivity contribution in [1.29, 1.82) is 0 Å². The summed E-state index contributed by atoms with van der Waals surface area (Å²) in [4.78, 5) is 2.20. The zero-order chi connectivity index (χ0) is 12.4. The van der Waals surface area contributed by atoms with Gasteiger partial charge in [-0.15, -0.1) is 0 Å². The SMILES string of the molecule is OCC1CN(c2cnnc3ccccc23)CCO1. The predicted molar refractivity (Wildman–Crippen MR) is 68.6 cm³/mol. The number of hydrogen-bond donors (Lipinski definition) is 1. The molecule has 1 saturated heterocycles. The number of aliphatic hydroxyl groups is 1. The number of hydrogen-bond acceptors (Lipinski definition) is 5. The number of ether oxygens (including phenoxy) is 1. The second-order valence-corrected chi connectivity index (χ2v) is 4.37. The normalized spacial score (nSPS) is 20.3. The van der Waals surface area contributed by atoms with Gasteiger partial charge in [0.05, 0.1) is 36.7 Å². The van der Waals surface area contributed by atoms with Crippen LogP contribution in [-0.4, -0.2) is 47.7 Å². The number of fused-ring (bicyclic) bond motifs is 1. The summed E-state index contributed by atoms with van der Waals surface area (Å²) >= 11 is 0. The van der Waals surface area contributed by atoms with Gasteiger partial charge in [0.1, 0.15) is 0 Å². The highest BCUT2D eigenvalue weighted by molar-refractivity contribution is 5.90. The summed E-state index contributed by atoms with van der Waals surface area (Å²) in [7, 11) is 0. The van der Waals surface area contributed by atoms with E-state index in [0.29, 0.717) is 13.2 Å². The zero-order valence-electron chi connectivity index (χ0n) is 9.99. The number of aliphatic hydroxyl groups excluding tert-OH is 1. The highest BCUT2D eigenvalue weighted by atomic mass is 16.5. The van der Waals surface area contributed by atoms with Crippen LogP contribution in [0.25, 0.3) is 10.9 Å². The molecule has 0 amide bonds. The first-order valence-electron chi connectivity index (χ1n) is 6.06. The molecule has 0 bridgehead atoms. The Morgan fingerprint density at radius 1 is 1.39 bits per heavy atom. The first-order chi connectivity index (χ1) is 8.88. The van der Waals surface area contributed by atoms with Crippen LogP contribution in [0.15, 0.2) is 30.5 Å². The molecule has 94 valence electrons. The van der Waals surface area contributed by atoms with Crippen LogP contribution in [-0.2, 0) is 4.74 Å². The van der Waals surface area contributed by atoms with E-state index in [2.05, 4.69) is 15.1 Å². The van der Waals surface area contributed by atoms with Crippen molar-refractivity contribution in [2.24, 2.45) is 0 Å². The molecule has 1 unspecified atom stereocenters. The van der Waals surface area contributed by atoms with Crippen molar-refractivity contribution in [2.75, 3.05) is 31.2 Å². The summed E-state index contributed by atoms with van der Waals surface area (Å²) in [6.45, 7) is 2.17. The molecule has 2 heterocycles. The van der Waals surface area contributed by atoms with Gasteiger partial charge in [-0.25, -0.2) is 0 Å². The van der Waals surface area contributed by atoms with Crippen LogP contribution >= 0.6 is 0 Å². The van der Waals surface area contributed by atoms with Crippen LogP contribution in [0, 0.1) is 0 Å². The smallest absolute Gasteiger partial charge is 0.0980 e. The van der Waals surface area contributed by atoms with E-state index >= 15 is 0 Å². The summed E-state index contributed by atoms with van der Waals surface area (Å²) in [5.41, 5.74) is 1.95. The van der Waals surface area contributed by atoms with Crippen molar-refractivity contribution in [3.05, 3.63) is 30.5 Å². The molecule has 2 aromatic rings. The Morgan fingerprint density at radius 2 is 2.28 bits per heavy atom. The summed E-state index contributed by atoms with van der Waals surface area (Å²) in [5.74, 6) is 0. The number of rotatable bonds is 2. The largest absolute Gasteiger partial charge is 0.394 e. The Kier molecular flexibility index (Phi) is 3.08. The standard InChI is InChI=1S/C13H15N3O2/c17-9-10-8-16(5-6-18-10)13-7-14-15-12-4-2-1-3-11(12)13/h1-4,7,10,17H,5-6,8-9H2. The highest BCUT2D eigenvalue weighted by Crippen LogP contribution is 2.25. The molecule has 5 heteroatoms. The van der Waals surface area contributed by atoms with E-state index in [9.17, 15) is 5.11 Å². The number of nitrogens with zero attached hydrogens (tertiary/aromatic N) is 3. The van der Waals surface area contributed by atoms with Gasteiger partial charge >= 0.3 is 0 Å². The van der Waals surface area contributed by atoms with Gasteiger partial charge in [0, 0.05) is 18.5 Å². The van der Waals surface area contributed by atoms with E-state index in [0.717, 1.165) is 23.1 Å². The number of benzene rings is 1. The number of aromatic nitrogens is 2. The second kappa shape index (κ2) is 4.88. The van der Waals surface area contributed by atoms with Gasteiger partial charge in [-0.2, -0.15) is 10.2 Å². The molecule has 1 aromatic heterocycles. The molecule has 1 fully saturated rings. The first-order valence-corrected chi connectivity index (χ1v) is 6.06. The van der Waals surface area contributed by atoms with E-state index in [-0.39, 0.29) is 12.7 Å². The molecule has 1 atom stereocenters. The van der Waals surface area contributed by atoms with Crippen molar-refractivity contribution >= 4 is 16.6 Å². The minimum absolute atomic E-state index is 0.0486. The number of morpholine rings is 1. The average Bonchev–Trinajstić information content (AvgIpc) is 2.47. The maximum absolute atomic E-state index is 9.19. The minimum Gasteiger partial charge on any atom is -0.394 e. The maximum atomic E-state index is 9.19. The van der Waals surface area contributed by atoms with Crippen LogP contribution in [0.5, 0.6) is 0 Å². The Morgan fingerprint density at radius 3 is 3.17 bits per heavy atom. The maximum Gasteiger partial charge on any atom is 0.0980 e. The lowest BCUT2D eigenvalue weighted by Gasteiger charge is -2.33. The van der Waals surface area contributed by atoms with E-state index in [1.165, 1.54) is 0 Å². The molecule has 0 radical (unpaired) electrons. The fourth-order valence-corrected chi connectivity index (χ4v) is 2.29. The molecule has 1 N–H and O–H groups in total. The molecule has 1 aliphatic rings. The minimum atomic E-state index is -0.120. The molecule has 0 saturated carbocycles. The summed E-state index contributed by atoms with van der Waals surface area (Å²) in [6.07, 6.45) is 1.66. The molecule has 18 heavy (non-hydrogen) atoms. The molecule has 3 rings (SSSR count). The van der Waals surface area contributed by atoms with Gasteiger partial charge in [0.15, 0.2) is 0 Å². The van der Waals surface area contributed by atoms with E-state index in [1.54, 1.807) is 6.20 Å². The third-order valence-corrected chi connectivity index (χ3v) is 3.21. The summed E-state index contributed by atoms with van der Waals surface area (Å²) in [6, 6.07) is 7.95. The van der Waals surface area contributed by atoms with E-state index in [1.807, 2.05) is 24.3 Å². The average molecular weight is 245 g/mol. The van der Waals surface area contributed by atoms with Crippen molar-refractivity contribution < 1.29 is 9.84 Å². The molecule has 1 aliphatic heterocycles. The Balaban J connectivity index is 1.98. The Bertz CT molecular complexity index is 541. The second-order valence-electron chi connectivity index (χ2n) is 4.37. The lowest BCUT2D eigenvalue weighted by Crippen LogP contribution is -2.44. The Labute approximate surface area is 105 Å². The molecule has 0 spiro atoms. The zero-order valence-corrected chi connectivity index (χ0v) is 9.99. The summed E-state index contributed by atoms with van der Waals surface area (Å²) < 4.78 is 5.46. The molecule has 0 aliphatic carbocycles. The van der Waals surface area contributed by atoms with E-state index < -0.39 is 0 Å².